The third kappa shape index (κ3) is 5.62. The lowest BCUT2D eigenvalue weighted by Crippen LogP contribution is -2.50. The zero-order valence-corrected chi connectivity index (χ0v) is 14.9. The van der Waals surface area contributed by atoms with Gasteiger partial charge in [-0.15, -0.1) is 0 Å². The van der Waals surface area contributed by atoms with Gasteiger partial charge >= 0.3 is 0 Å². The molecule has 1 saturated heterocycles. The third-order valence-corrected chi connectivity index (χ3v) is 5.02. The molecule has 2 rings (SSSR count). The zero-order chi connectivity index (χ0) is 17.0. The smallest absolute Gasteiger partial charge is 0.240 e. The Morgan fingerprint density at radius 3 is 2.61 bits per heavy atom. The van der Waals surface area contributed by atoms with Crippen molar-refractivity contribution >= 4 is 15.9 Å². The number of rotatable bonds is 5. The highest BCUT2D eigenvalue weighted by atomic mass is 32.2. The van der Waals surface area contributed by atoms with Crippen LogP contribution in [0.4, 0.5) is 0 Å². The van der Waals surface area contributed by atoms with E-state index in [1.807, 2.05) is 0 Å². The second-order valence-corrected chi connectivity index (χ2v) is 8.37. The lowest BCUT2D eigenvalue weighted by Gasteiger charge is -2.34. The molecule has 128 valence electrons. The molecule has 1 aliphatic rings. The molecule has 0 saturated carbocycles. The summed E-state index contributed by atoms with van der Waals surface area (Å²) in [5.41, 5.74) is 2.53. The second-order valence-electron chi connectivity index (χ2n) is 6.59. The van der Waals surface area contributed by atoms with Gasteiger partial charge in [0.05, 0.1) is 12.3 Å². The summed E-state index contributed by atoms with van der Waals surface area (Å²) >= 11 is 0. The van der Waals surface area contributed by atoms with Crippen LogP contribution >= 0.6 is 0 Å². The van der Waals surface area contributed by atoms with Crippen LogP contribution in [-0.4, -0.2) is 44.6 Å². The number of sulfonamides is 1. The van der Waals surface area contributed by atoms with Gasteiger partial charge in [0, 0.05) is 13.1 Å². The molecule has 1 aliphatic heterocycles. The zero-order valence-electron chi connectivity index (χ0n) is 14.1. The maximum absolute atomic E-state index is 12.4. The van der Waals surface area contributed by atoms with E-state index >= 15 is 0 Å². The van der Waals surface area contributed by atoms with Crippen LogP contribution in [0.5, 0.6) is 0 Å². The molecule has 1 heterocycles. The molecule has 0 aromatic heterocycles. The molecule has 1 aromatic carbocycles. The minimum absolute atomic E-state index is 0.135. The second kappa shape index (κ2) is 7.45. The number of carbonyl (C=O) groups is 1. The maximum atomic E-state index is 12.4. The van der Waals surface area contributed by atoms with E-state index in [0.29, 0.717) is 19.0 Å². The van der Waals surface area contributed by atoms with Gasteiger partial charge in [-0.3, -0.25) is 4.79 Å². The van der Waals surface area contributed by atoms with Crippen LogP contribution in [-0.2, 0) is 21.2 Å². The summed E-state index contributed by atoms with van der Waals surface area (Å²) in [7, 11) is -3.37. The number of piperidine rings is 1. The van der Waals surface area contributed by atoms with Crippen molar-refractivity contribution in [2.24, 2.45) is 5.92 Å². The fourth-order valence-corrected chi connectivity index (χ4v) is 3.88. The van der Waals surface area contributed by atoms with Crippen LogP contribution < -0.4 is 4.72 Å². The van der Waals surface area contributed by atoms with E-state index in [0.717, 1.165) is 25.5 Å². The van der Waals surface area contributed by atoms with E-state index in [1.54, 1.807) is 11.8 Å². The lowest BCUT2D eigenvalue weighted by molar-refractivity contribution is -0.134. The Balaban J connectivity index is 1.94. The molecule has 1 aromatic rings. The minimum atomic E-state index is -3.37. The molecule has 5 nitrogen and oxygen atoms in total. The summed E-state index contributed by atoms with van der Waals surface area (Å²) in [6, 6.07) is 7.80. The number of likely N-dealkylation sites (tertiary alicyclic amines) is 1. The van der Waals surface area contributed by atoms with Gasteiger partial charge in [-0.1, -0.05) is 29.8 Å². The summed E-state index contributed by atoms with van der Waals surface area (Å²) in [5, 5.41) is 0. The number of aryl methyl sites for hydroxylation is 1. The first-order chi connectivity index (χ1) is 10.7. The van der Waals surface area contributed by atoms with Gasteiger partial charge in [-0.25, -0.2) is 13.1 Å². The topological polar surface area (TPSA) is 66.5 Å². The van der Waals surface area contributed by atoms with E-state index < -0.39 is 16.1 Å². The van der Waals surface area contributed by atoms with Gasteiger partial charge in [-0.05, 0) is 44.6 Å². The molecular formula is C17H26N2O3S. The first kappa shape index (κ1) is 17.9. The number of hydrogen-bond donors (Lipinski definition) is 1. The third-order valence-electron chi connectivity index (χ3n) is 4.24. The first-order valence-electron chi connectivity index (χ1n) is 8.06. The highest BCUT2D eigenvalue weighted by molar-refractivity contribution is 7.88. The van der Waals surface area contributed by atoms with Gasteiger partial charge in [0.25, 0.3) is 0 Å². The van der Waals surface area contributed by atoms with Crippen molar-refractivity contribution < 1.29 is 13.2 Å². The highest BCUT2D eigenvalue weighted by Crippen LogP contribution is 2.21. The number of hydrogen-bond acceptors (Lipinski definition) is 3. The standard InChI is InChI=1S/C17H26N2O3S/c1-13-6-8-15(9-7-13)11-16-5-4-10-19(12-16)17(20)14(2)18-23(3,21)22/h6-9,14,16,18H,4-5,10-12H2,1-3H3/t14-,16+/m0/s1. The molecule has 0 spiro atoms. The molecule has 0 radical (unpaired) electrons. The fraction of sp³-hybridized carbons (Fsp3) is 0.588. The summed E-state index contributed by atoms with van der Waals surface area (Å²) in [5.74, 6) is 0.296. The number of amides is 1. The summed E-state index contributed by atoms with van der Waals surface area (Å²) < 4.78 is 24.9. The molecule has 6 heteroatoms. The molecule has 0 bridgehead atoms. The Morgan fingerprint density at radius 1 is 1.35 bits per heavy atom. The summed E-state index contributed by atoms with van der Waals surface area (Å²) in [6.07, 6.45) is 4.10. The summed E-state index contributed by atoms with van der Waals surface area (Å²) in [6.45, 7) is 5.08. The van der Waals surface area contributed by atoms with E-state index in [2.05, 4.69) is 35.9 Å². The van der Waals surface area contributed by atoms with Gasteiger partial charge in [0.1, 0.15) is 0 Å². The van der Waals surface area contributed by atoms with Gasteiger partial charge in [-0.2, -0.15) is 0 Å². The van der Waals surface area contributed by atoms with Gasteiger partial charge in [0.15, 0.2) is 0 Å². The molecule has 1 fully saturated rings. The molecule has 0 aliphatic carbocycles. The molecule has 2 atom stereocenters. The van der Waals surface area contributed by atoms with Crippen molar-refractivity contribution in [3.05, 3.63) is 35.4 Å². The highest BCUT2D eigenvalue weighted by Gasteiger charge is 2.28. The number of nitrogens with zero attached hydrogens (tertiary/aromatic N) is 1. The monoisotopic (exact) mass is 338 g/mol. The van der Waals surface area contributed by atoms with E-state index in [1.165, 1.54) is 11.1 Å². The Morgan fingerprint density at radius 2 is 2.00 bits per heavy atom. The summed E-state index contributed by atoms with van der Waals surface area (Å²) in [4.78, 5) is 14.2. The average molecular weight is 338 g/mol. The molecule has 1 amide bonds. The quantitative estimate of drug-likeness (QED) is 0.889. The van der Waals surface area contributed by atoms with Crippen LogP contribution in [0.1, 0.15) is 30.9 Å². The van der Waals surface area contributed by atoms with Crippen molar-refractivity contribution in [2.45, 2.75) is 39.2 Å². The minimum Gasteiger partial charge on any atom is -0.341 e. The van der Waals surface area contributed by atoms with E-state index in [9.17, 15) is 13.2 Å². The van der Waals surface area contributed by atoms with Crippen molar-refractivity contribution in [2.75, 3.05) is 19.3 Å². The Bertz CT molecular complexity index is 640. The predicted molar refractivity (Wildman–Crippen MR) is 91.6 cm³/mol. The molecule has 23 heavy (non-hydrogen) atoms. The van der Waals surface area contributed by atoms with Crippen LogP contribution in [0.2, 0.25) is 0 Å². The Hall–Kier alpha value is -1.40. The van der Waals surface area contributed by atoms with Gasteiger partial charge in [0.2, 0.25) is 15.9 Å². The molecular weight excluding hydrogens is 312 g/mol. The van der Waals surface area contributed by atoms with Crippen molar-refractivity contribution in [1.82, 2.24) is 9.62 Å². The number of nitrogens with one attached hydrogen (secondary N) is 1. The Labute approximate surface area is 139 Å². The average Bonchev–Trinajstić information content (AvgIpc) is 2.47. The number of benzene rings is 1. The van der Waals surface area contributed by atoms with Crippen LogP contribution in [0.3, 0.4) is 0 Å². The number of carbonyl (C=O) groups excluding carboxylic acids is 1. The van der Waals surface area contributed by atoms with E-state index in [4.69, 9.17) is 0 Å². The SMILES string of the molecule is Cc1ccc(C[C@H]2CCCN(C(=O)[C@H](C)NS(C)(=O)=O)C2)cc1. The molecule has 1 N–H and O–H groups in total. The van der Waals surface area contributed by atoms with Crippen molar-refractivity contribution in [1.29, 1.82) is 0 Å². The fourth-order valence-electron chi connectivity index (χ4n) is 3.13. The largest absolute Gasteiger partial charge is 0.341 e. The predicted octanol–water partition coefficient (Wildman–Crippen LogP) is 1.71. The van der Waals surface area contributed by atoms with Crippen LogP contribution in [0.25, 0.3) is 0 Å². The first-order valence-corrected chi connectivity index (χ1v) is 9.95. The van der Waals surface area contributed by atoms with Crippen molar-refractivity contribution in [3.63, 3.8) is 0 Å². The van der Waals surface area contributed by atoms with Crippen LogP contribution in [0, 0.1) is 12.8 Å². The maximum Gasteiger partial charge on any atom is 0.240 e. The van der Waals surface area contributed by atoms with Gasteiger partial charge < -0.3 is 4.90 Å². The van der Waals surface area contributed by atoms with Crippen molar-refractivity contribution in [3.8, 4) is 0 Å². The molecule has 0 unspecified atom stereocenters. The normalized spacial score (nSPS) is 20.3. The van der Waals surface area contributed by atoms with Crippen LogP contribution in [0.15, 0.2) is 24.3 Å². The Kier molecular flexibility index (Phi) is 5.81. The van der Waals surface area contributed by atoms with E-state index in [-0.39, 0.29) is 5.91 Å². The lowest BCUT2D eigenvalue weighted by atomic mass is 9.91.